The predicted octanol–water partition coefficient (Wildman–Crippen LogP) is 3.75. The first-order valence-corrected chi connectivity index (χ1v) is 13.1. The number of fused-ring (bicyclic) bond motifs is 1. The van der Waals surface area contributed by atoms with Crippen molar-refractivity contribution >= 4 is 38.1 Å². The van der Waals surface area contributed by atoms with Gasteiger partial charge in [-0.2, -0.15) is 22.6 Å². The largest absolute Gasteiger partial charge is 0.417 e. The van der Waals surface area contributed by atoms with E-state index in [1.165, 1.54) is 27.8 Å². The van der Waals surface area contributed by atoms with Crippen LogP contribution in [0, 0.1) is 6.92 Å². The Morgan fingerprint density at radius 1 is 1.25 bits per heavy atom. The molecule has 0 amide bonds. The normalized spacial score (nSPS) is 16.6. The molecule has 0 radical (unpaired) electrons. The van der Waals surface area contributed by atoms with E-state index in [9.17, 15) is 26.7 Å². The van der Waals surface area contributed by atoms with Gasteiger partial charge in [0.05, 0.1) is 23.2 Å². The molecule has 3 aromatic rings. The van der Waals surface area contributed by atoms with Crippen LogP contribution in [-0.4, -0.2) is 57.0 Å². The molecule has 1 aliphatic rings. The first-order valence-electron chi connectivity index (χ1n) is 9.57. The van der Waals surface area contributed by atoms with Crippen molar-refractivity contribution < 1.29 is 26.7 Å². The number of thioether (sulfide) groups is 1. The summed E-state index contributed by atoms with van der Waals surface area (Å²) in [6.07, 6.45) is -3.46. The number of hydrogen-bond donors (Lipinski definition) is 1. The molecule has 2 aromatic heterocycles. The van der Waals surface area contributed by atoms with Crippen molar-refractivity contribution in [2.75, 3.05) is 19.3 Å². The van der Waals surface area contributed by atoms with Crippen molar-refractivity contribution in [3.8, 4) is 11.3 Å². The molecule has 0 bridgehead atoms. The van der Waals surface area contributed by atoms with Gasteiger partial charge in [0.1, 0.15) is 10.6 Å². The Balaban J connectivity index is 1.74. The maximum absolute atomic E-state index is 13.7. The third-order valence-electron chi connectivity index (χ3n) is 5.04. The Hall–Kier alpha value is -1.67. The molecular formula is C19H21F3N4O3S3. The Labute approximate surface area is 191 Å². The maximum Gasteiger partial charge on any atom is 0.417 e. The first-order chi connectivity index (χ1) is 14.6. The van der Waals surface area contributed by atoms with Gasteiger partial charge >= 0.3 is 6.18 Å². The fraction of sp³-hybridized carbons (Fsp3) is 0.474. The van der Waals surface area contributed by atoms with Crippen molar-refractivity contribution in [3.05, 3.63) is 34.5 Å². The molecule has 0 atom stereocenters. The Morgan fingerprint density at radius 3 is 2.47 bits per heavy atom. The third-order valence-corrected chi connectivity index (χ3v) is 8.72. The quantitative estimate of drug-likeness (QED) is 0.567. The Kier molecular flexibility index (Phi) is 5.64. The van der Waals surface area contributed by atoms with Gasteiger partial charge in [-0.15, -0.1) is 11.8 Å². The highest BCUT2D eigenvalue weighted by Gasteiger charge is 2.38. The van der Waals surface area contributed by atoms with Gasteiger partial charge in [-0.05, 0) is 32.9 Å². The zero-order chi connectivity index (χ0) is 23.6. The van der Waals surface area contributed by atoms with Crippen molar-refractivity contribution in [1.82, 2.24) is 18.9 Å². The average molecular weight is 507 g/mol. The highest BCUT2D eigenvalue weighted by atomic mass is 32.2. The number of halogens is 3. The highest BCUT2D eigenvalue weighted by molar-refractivity contribution is 8.00. The summed E-state index contributed by atoms with van der Waals surface area (Å²) in [5.41, 5.74) is -0.273. The molecule has 1 fully saturated rings. The van der Waals surface area contributed by atoms with E-state index in [-0.39, 0.29) is 23.2 Å². The summed E-state index contributed by atoms with van der Waals surface area (Å²) in [5.74, 6) is 0. The minimum absolute atomic E-state index is 0.0282. The molecule has 1 saturated heterocycles. The van der Waals surface area contributed by atoms with Crippen molar-refractivity contribution in [1.29, 1.82) is 0 Å². The lowest BCUT2D eigenvalue weighted by atomic mass is 10.1. The molecule has 32 heavy (non-hydrogen) atoms. The van der Waals surface area contributed by atoms with E-state index in [0.29, 0.717) is 26.9 Å². The van der Waals surface area contributed by atoms with Crippen LogP contribution < -0.4 is 0 Å². The standard InChI is InChI=1S/C19H21F3N4O3S3/c1-10-15(26-17(23-10)31-16(24-26)18(2,3)27)11-5-6-13(19(20,21)22)14(7-11)30-12-8-25(9-12)32(4,28)29/h5-7,12,27H,8-9H2,1-4H3. The van der Waals surface area contributed by atoms with Gasteiger partial charge in [0.15, 0.2) is 0 Å². The summed E-state index contributed by atoms with van der Waals surface area (Å²) in [7, 11) is -3.35. The van der Waals surface area contributed by atoms with Crippen LogP contribution in [0.2, 0.25) is 0 Å². The number of aliphatic hydroxyl groups is 1. The number of sulfonamides is 1. The Morgan fingerprint density at radius 2 is 1.91 bits per heavy atom. The van der Waals surface area contributed by atoms with Crippen LogP contribution in [0.15, 0.2) is 23.1 Å². The van der Waals surface area contributed by atoms with Crippen LogP contribution in [0.25, 0.3) is 16.2 Å². The van der Waals surface area contributed by atoms with Crippen LogP contribution in [-0.2, 0) is 21.8 Å². The summed E-state index contributed by atoms with van der Waals surface area (Å²) in [6.45, 7) is 5.29. The second-order valence-electron chi connectivity index (χ2n) is 8.23. The van der Waals surface area contributed by atoms with Gasteiger partial charge < -0.3 is 5.11 Å². The number of nitrogens with zero attached hydrogens (tertiary/aromatic N) is 4. The van der Waals surface area contributed by atoms with Crippen LogP contribution in [0.4, 0.5) is 13.2 Å². The molecule has 7 nitrogen and oxygen atoms in total. The van der Waals surface area contributed by atoms with Gasteiger partial charge in [-0.25, -0.2) is 17.9 Å². The minimum atomic E-state index is -4.54. The lowest BCUT2D eigenvalue weighted by Crippen LogP contribution is -2.51. The fourth-order valence-corrected chi connectivity index (χ4v) is 6.76. The molecule has 1 aromatic carbocycles. The first kappa shape index (κ1) is 23.5. The molecule has 1 aliphatic heterocycles. The van der Waals surface area contributed by atoms with Crippen molar-refractivity contribution in [3.63, 3.8) is 0 Å². The van der Waals surface area contributed by atoms with Crippen molar-refractivity contribution in [2.24, 2.45) is 0 Å². The lowest BCUT2D eigenvalue weighted by molar-refractivity contribution is -0.139. The molecule has 0 saturated carbocycles. The number of alkyl halides is 3. The van der Waals surface area contributed by atoms with Crippen LogP contribution in [0.3, 0.4) is 0 Å². The van der Waals surface area contributed by atoms with Gasteiger partial charge in [0.2, 0.25) is 15.0 Å². The van der Waals surface area contributed by atoms with Gasteiger partial charge in [-0.1, -0.05) is 17.4 Å². The molecule has 0 aliphatic carbocycles. The number of hydrogen-bond acceptors (Lipinski definition) is 7. The summed E-state index contributed by atoms with van der Waals surface area (Å²) < 4.78 is 66.9. The van der Waals surface area contributed by atoms with Crippen molar-refractivity contribution in [2.45, 2.75) is 42.7 Å². The topological polar surface area (TPSA) is 87.8 Å². The molecule has 4 rings (SSSR count). The maximum atomic E-state index is 13.7. The predicted molar refractivity (Wildman–Crippen MR) is 117 cm³/mol. The smallest absolute Gasteiger partial charge is 0.383 e. The second-order valence-corrected chi connectivity index (χ2v) is 12.5. The zero-order valence-corrected chi connectivity index (χ0v) is 20.1. The zero-order valence-electron chi connectivity index (χ0n) is 17.6. The van der Waals surface area contributed by atoms with Crippen LogP contribution in [0.5, 0.6) is 0 Å². The third kappa shape index (κ3) is 4.40. The van der Waals surface area contributed by atoms with E-state index in [0.717, 1.165) is 24.1 Å². The molecule has 1 N–H and O–H groups in total. The number of imidazole rings is 1. The minimum Gasteiger partial charge on any atom is -0.383 e. The number of aryl methyl sites for hydroxylation is 1. The molecule has 3 heterocycles. The van der Waals surface area contributed by atoms with E-state index in [4.69, 9.17) is 0 Å². The molecular weight excluding hydrogens is 485 g/mol. The monoisotopic (exact) mass is 506 g/mol. The molecule has 174 valence electrons. The van der Waals surface area contributed by atoms with Crippen LogP contribution >= 0.6 is 23.1 Å². The Bertz CT molecular complexity index is 1290. The molecule has 13 heteroatoms. The number of aromatic nitrogens is 3. The van der Waals surface area contributed by atoms with E-state index in [1.807, 2.05) is 0 Å². The summed E-state index contributed by atoms with van der Waals surface area (Å²) >= 11 is 2.24. The van der Waals surface area contributed by atoms with Crippen LogP contribution in [0.1, 0.15) is 30.1 Å². The average Bonchev–Trinajstić information content (AvgIpc) is 3.12. The summed E-state index contributed by atoms with van der Waals surface area (Å²) in [5, 5.41) is 14.9. The van der Waals surface area contributed by atoms with E-state index in [1.54, 1.807) is 25.3 Å². The summed E-state index contributed by atoms with van der Waals surface area (Å²) in [4.78, 5) is 5.02. The second kappa shape index (κ2) is 7.69. The van der Waals surface area contributed by atoms with E-state index in [2.05, 4.69) is 10.1 Å². The molecule has 0 spiro atoms. The number of benzene rings is 1. The summed E-state index contributed by atoms with van der Waals surface area (Å²) in [6, 6.07) is 3.87. The number of rotatable bonds is 5. The fourth-order valence-electron chi connectivity index (χ4n) is 3.35. The SMILES string of the molecule is Cc1nc2sc(C(C)(C)O)nn2c1-c1ccc(C(F)(F)F)c(SC2CN(S(C)(=O)=O)C2)c1. The molecule has 0 unspecified atom stereocenters. The van der Waals surface area contributed by atoms with Gasteiger partial charge in [0, 0.05) is 28.8 Å². The lowest BCUT2D eigenvalue weighted by Gasteiger charge is -2.37. The van der Waals surface area contributed by atoms with E-state index < -0.39 is 27.4 Å². The van der Waals surface area contributed by atoms with E-state index >= 15 is 0 Å². The highest BCUT2D eigenvalue weighted by Crippen LogP contribution is 2.42. The van der Waals surface area contributed by atoms with Gasteiger partial charge in [0.25, 0.3) is 0 Å². The van der Waals surface area contributed by atoms with Gasteiger partial charge in [-0.3, -0.25) is 0 Å².